The van der Waals surface area contributed by atoms with Crippen molar-refractivity contribution >= 4 is 11.6 Å². The molecule has 1 aliphatic heterocycles. The third-order valence-electron chi connectivity index (χ3n) is 4.22. The van der Waals surface area contributed by atoms with Gasteiger partial charge in [0.1, 0.15) is 0 Å². The lowest BCUT2D eigenvalue weighted by Crippen LogP contribution is -2.40. The maximum absolute atomic E-state index is 12.6. The van der Waals surface area contributed by atoms with Crippen molar-refractivity contribution in [3.05, 3.63) is 47.8 Å². The molecule has 0 aliphatic carbocycles. The van der Waals surface area contributed by atoms with Crippen LogP contribution in [0.4, 0.5) is 5.69 Å². The number of likely N-dealkylation sites (tertiary alicyclic amines) is 1. The number of H-pyrrole nitrogens is 1. The first-order chi connectivity index (χ1) is 11.3. The van der Waals surface area contributed by atoms with E-state index in [1.165, 1.54) is 0 Å². The number of hydrogen-bond donors (Lipinski definition) is 3. The van der Waals surface area contributed by atoms with Gasteiger partial charge in [0, 0.05) is 37.1 Å². The molecule has 2 heterocycles. The molecule has 1 aromatic heterocycles. The molecule has 0 saturated carbocycles. The fraction of sp³-hybridized carbons (Fsp3) is 0.412. The van der Waals surface area contributed by atoms with Gasteiger partial charge in [-0.2, -0.15) is 5.10 Å². The van der Waals surface area contributed by atoms with Gasteiger partial charge in [-0.25, -0.2) is 0 Å². The number of amides is 1. The molecular formula is C17H22N4O2. The standard InChI is InChI=1S/C17H22N4O2/c22-12-13-3-2-8-21(11-13)17(23)14-4-1-5-15(9-14)18-10-16-6-7-19-20-16/h1,4-7,9,13,18,22H,2-3,8,10-12H2,(H,19,20). The van der Waals surface area contributed by atoms with E-state index >= 15 is 0 Å². The molecule has 0 spiro atoms. The summed E-state index contributed by atoms with van der Waals surface area (Å²) in [6.07, 6.45) is 3.66. The first kappa shape index (κ1) is 15.6. The molecule has 1 aliphatic rings. The molecular weight excluding hydrogens is 292 g/mol. The van der Waals surface area contributed by atoms with Crippen LogP contribution < -0.4 is 5.32 Å². The lowest BCUT2D eigenvalue weighted by Gasteiger charge is -2.32. The van der Waals surface area contributed by atoms with Gasteiger partial charge in [0.15, 0.2) is 0 Å². The Labute approximate surface area is 135 Å². The number of nitrogens with zero attached hydrogens (tertiary/aromatic N) is 2. The fourth-order valence-electron chi connectivity index (χ4n) is 2.92. The molecule has 0 bridgehead atoms. The Kier molecular flexibility index (Phi) is 4.92. The molecule has 1 saturated heterocycles. The molecule has 6 heteroatoms. The third kappa shape index (κ3) is 3.90. The molecule has 23 heavy (non-hydrogen) atoms. The summed E-state index contributed by atoms with van der Waals surface area (Å²) in [5.74, 6) is 0.239. The zero-order valence-electron chi connectivity index (χ0n) is 13.0. The number of hydrogen-bond acceptors (Lipinski definition) is 4. The zero-order chi connectivity index (χ0) is 16.1. The van der Waals surface area contributed by atoms with Gasteiger partial charge in [-0.15, -0.1) is 0 Å². The van der Waals surface area contributed by atoms with E-state index in [1.54, 1.807) is 6.20 Å². The van der Waals surface area contributed by atoms with Crippen LogP contribution in [0, 0.1) is 5.92 Å². The van der Waals surface area contributed by atoms with Gasteiger partial charge in [-0.1, -0.05) is 6.07 Å². The highest BCUT2D eigenvalue weighted by Gasteiger charge is 2.24. The van der Waals surface area contributed by atoms with Gasteiger partial charge in [0.25, 0.3) is 5.91 Å². The van der Waals surface area contributed by atoms with Crippen molar-refractivity contribution in [2.24, 2.45) is 5.92 Å². The molecule has 122 valence electrons. The minimum absolute atomic E-state index is 0.0355. The Bertz CT molecular complexity index is 642. The summed E-state index contributed by atoms with van der Waals surface area (Å²) in [6, 6.07) is 9.45. The van der Waals surface area contributed by atoms with Gasteiger partial charge in [0.2, 0.25) is 0 Å². The molecule has 0 radical (unpaired) electrons. The molecule has 1 aromatic carbocycles. The van der Waals surface area contributed by atoms with Crippen LogP contribution in [0.3, 0.4) is 0 Å². The van der Waals surface area contributed by atoms with Crippen molar-refractivity contribution in [3.8, 4) is 0 Å². The lowest BCUT2D eigenvalue weighted by molar-refractivity contribution is 0.0621. The number of carbonyl (C=O) groups is 1. The second-order valence-electron chi connectivity index (χ2n) is 5.96. The van der Waals surface area contributed by atoms with Crippen LogP contribution in [-0.2, 0) is 6.54 Å². The summed E-state index contributed by atoms with van der Waals surface area (Å²) in [6.45, 7) is 2.19. The number of piperidine rings is 1. The average Bonchev–Trinajstić information content (AvgIpc) is 3.13. The summed E-state index contributed by atoms with van der Waals surface area (Å²) in [4.78, 5) is 14.5. The quantitative estimate of drug-likeness (QED) is 0.787. The smallest absolute Gasteiger partial charge is 0.253 e. The zero-order valence-corrected chi connectivity index (χ0v) is 13.0. The van der Waals surface area contributed by atoms with E-state index in [2.05, 4.69) is 15.5 Å². The number of anilines is 1. The fourth-order valence-corrected chi connectivity index (χ4v) is 2.92. The number of nitrogens with one attached hydrogen (secondary N) is 2. The van der Waals surface area contributed by atoms with Gasteiger partial charge < -0.3 is 15.3 Å². The number of aliphatic hydroxyl groups is 1. The van der Waals surface area contributed by atoms with Crippen LogP contribution in [0.5, 0.6) is 0 Å². The van der Waals surface area contributed by atoms with E-state index in [0.29, 0.717) is 18.7 Å². The molecule has 1 atom stereocenters. The molecule has 3 rings (SSSR count). The van der Waals surface area contributed by atoms with Crippen LogP contribution in [0.2, 0.25) is 0 Å². The minimum Gasteiger partial charge on any atom is -0.396 e. The van der Waals surface area contributed by atoms with Crippen molar-refractivity contribution in [3.63, 3.8) is 0 Å². The Morgan fingerprint density at radius 1 is 1.43 bits per heavy atom. The molecule has 3 N–H and O–H groups in total. The maximum Gasteiger partial charge on any atom is 0.253 e. The van der Waals surface area contributed by atoms with Crippen LogP contribution in [0.1, 0.15) is 28.9 Å². The third-order valence-corrected chi connectivity index (χ3v) is 4.22. The number of rotatable bonds is 5. The van der Waals surface area contributed by atoms with Gasteiger partial charge in [0.05, 0.1) is 12.2 Å². The van der Waals surface area contributed by atoms with Crippen molar-refractivity contribution in [1.29, 1.82) is 0 Å². The second kappa shape index (κ2) is 7.28. The summed E-state index contributed by atoms with van der Waals surface area (Å²) >= 11 is 0. The van der Waals surface area contributed by atoms with Gasteiger partial charge >= 0.3 is 0 Å². The normalized spacial score (nSPS) is 18.0. The molecule has 1 amide bonds. The number of aromatic nitrogens is 2. The predicted molar refractivity (Wildman–Crippen MR) is 88.1 cm³/mol. The van der Waals surface area contributed by atoms with E-state index < -0.39 is 0 Å². The van der Waals surface area contributed by atoms with E-state index in [0.717, 1.165) is 30.8 Å². The van der Waals surface area contributed by atoms with E-state index in [-0.39, 0.29) is 18.4 Å². The first-order valence-electron chi connectivity index (χ1n) is 7.98. The van der Waals surface area contributed by atoms with Crippen molar-refractivity contribution < 1.29 is 9.90 Å². The lowest BCUT2D eigenvalue weighted by atomic mass is 9.98. The van der Waals surface area contributed by atoms with Crippen molar-refractivity contribution in [1.82, 2.24) is 15.1 Å². The summed E-state index contributed by atoms with van der Waals surface area (Å²) in [5, 5.41) is 19.4. The largest absolute Gasteiger partial charge is 0.396 e. The Balaban J connectivity index is 1.65. The number of aromatic amines is 1. The molecule has 6 nitrogen and oxygen atoms in total. The van der Waals surface area contributed by atoms with Gasteiger partial charge in [-0.05, 0) is 43.0 Å². The highest BCUT2D eigenvalue weighted by atomic mass is 16.3. The topological polar surface area (TPSA) is 81.2 Å². The van der Waals surface area contributed by atoms with Crippen LogP contribution in [-0.4, -0.2) is 45.8 Å². The highest BCUT2D eigenvalue weighted by molar-refractivity contribution is 5.95. The highest BCUT2D eigenvalue weighted by Crippen LogP contribution is 2.19. The first-order valence-corrected chi connectivity index (χ1v) is 7.98. The minimum atomic E-state index is 0.0355. The maximum atomic E-state index is 12.6. The summed E-state index contributed by atoms with van der Waals surface area (Å²) < 4.78 is 0. The Hall–Kier alpha value is -2.34. The second-order valence-corrected chi connectivity index (χ2v) is 5.96. The molecule has 2 aromatic rings. The SMILES string of the molecule is O=C(c1cccc(NCc2ccn[nH]2)c1)N1CCCC(CO)C1. The number of aliphatic hydroxyl groups excluding tert-OH is 1. The van der Waals surface area contributed by atoms with Crippen molar-refractivity contribution in [2.75, 3.05) is 25.0 Å². The Morgan fingerprint density at radius 3 is 3.13 bits per heavy atom. The van der Waals surface area contributed by atoms with Gasteiger partial charge in [-0.3, -0.25) is 9.89 Å². The van der Waals surface area contributed by atoms with Crippen molar-refractivity contribution in [2.45, 2.75) is 19.4 Å². The predicted octanol–water partition coefficient (Wildman–Crippen LogP) is 1.87. The van der Waals surface area contributed by atoms with Crippen LogP contribution in [0.25, 0.3) is 0 Å². The van der Waals surface area contributed by atoms with E-state index in [4.69, 9.17) is 0 Å². The summed E-state index contributed by atoms with van der Waals surface area (Å²) in [7, 11) is 0. The van der Waals surface area contributed by atoms with Crippen LogP contribution >= 0.6 is 0 Å². The van der Waals surface area contributed by atoms with E-state index in [9.17, 15) is 9.90 Å². The summed E-state index contributed by atoms with van der Waals surface area (Å²) in [5.41, 5.74) is 2.57. The number of carbonyl (C=O) groups excluding carboxylic acids is 1. The average molecular weight is 314 g/mol. The number of benzene rings is 1. The molecule has 1 unspecified atom stereocenters. The van der Waals surface area contributed by atoms with Crippen LogP contribution in [0.15, 0.2) is 36.5 Å². The Morgan fingerprint density at radius 2 is 2.35 bits per heavy atom. The monoisotopic (exact) mass is 314 g/mol. The van der Waals surface area contributed by atoms with E-state index in [1.807, 2.05) is 35.2 Å². The molecule has 1 fully saturated rings.